The van der Waals surface area contributed by atoms with Crippen molar-refractivity contribution in [1.29, 1.82) is 0 Å². The molecule has 2 unspecified atom stereocenters. The van der Waals surface area contributed by atoms with Crippen LogP contribution in [0.5, 0.6) is 0 Å². The lowest BCUT2D eigenvalue weighted by Gasteiger charge is -2.29. The fourth-order valence-corrected chi connectivity index (χ4v) is 5.00. The quantitative estimate of drug-likeness (QED) is 0.806. The molecule has 2 aromatic carbocycles. The van der Waals surface area contributed by atoms with Crippen LogP contribution in [0.3, 0.4) is 0 Å². The van der Waals surface area contributed by atoms with E-state index in [9.17, 15) is 13.2 Å². The summed E-state index contributed by atoms with van der Waals surface area (Å²) in [5, 5.41) is 2.98. The number of anilines is 1. The third-order valence-electron chi connectivity index (χ3n) is 5.33. The van der Waals surface area contributed by atoms with E-state index in [1.807, 2.05) is 13.0 Å². The number of nitrogens with zero attached hydrogens (tertiary/aromatic N) is 1. The Morgan fingerprint density at radius 3 is 2.29 bits per heavy atom. The van der Waals surface area contributed by atoms with Crippen LogP contribution in [0.2, 0.25) is 0 Å². The van der Waals surface area contributed by atoms with Crippen molar-refractivity contribution in [3.05, 3.63) is 65.2 Å². The van der Waals surface area contributed by atoms with Crippen molar-refractivity contribution < 1.29 is 13.2 Å². The van der Waals surface area contributed by atoms with Gasteiger partial charge in [-0.05, 0) is 68.4 Å². The zero-order chi connectivity index (χ0) is 20.3. The van der Waals surface area contributed by atoms with E-state index in [0.29, 0.717) is 5.69 Å². The van der Waals surface area contributed by atoms with E-state index in [4.69, 9.17) is 0 Å². The smallest absolute Gasteiger partial charge is 0.244 e. The van der Waals surface area contributed by atoms with Gasteiger partial charge < -0.3 is 5.32 Å². The van der Waals surface area contributed by atoms with Gasteiger partial charge in [0.1, 0.15) is 6.04 Å². The molecule has 0 aliphatic heterocycles. The first kappa shape index (κ1) is 20.4. The Kier molecular flexibility index (Phi) is 6.08. The number of rotatable bonds is 6. The highest BCUT2D eigenvalue weighted by molar-refractivity contribution is 7.92. The summed E-state index contributed by atoms with van der Waals surface area (Å²) in [5.41, 5.74) is 4.29. The summed E-state index contributed by atoms with van der Waals surface area (Å²) >= 11 is 0. The van der Waals surface area contributed by atoms with Crippen molar-refractivity contribution in [2.45, 2.75) is 51.6 Å². The van der Waals surface area contributed by atoms with Gasteiger partial charge >= 0.3 is 0 Å². The lowest BCUT2D eigenvalue weighted by molar-refractivity contribution is -0.122. The summed E-state index contributed by atoms with van der Waals surface area (Å²) in [5.74, 6) is -0.320. The number of amides is 1. The molecule has 0 bridgehead atoms. The van der Waals surface area contributed by atoms with Crippen LogP contribution in [-0.2, 0) is 27.7 Å². The van der Waals surface area contributed by atoms with Crippen LogP contribution in [0, 0.1) is 0 Å². The summed E-state index contributed by atoms with van der Waals surface area (Å²) in [6.45, 7) is 3.55. The van der Waals surface area contributed by atoms with E-state index in [1.54, 1.807) is 31.2 Å². The number of hydrogen-bond donors (Lipinski definition) is 1. The lowest BCUT2D eigenvalue weighted by Crippen LogP contribution is -2.48. The molecular weight excluding hydrogens is 372 g/mol. The van der Waals surface area contributed by atoms with E-state index in [0.717, 1.165) is 24.7 Å². The van der Waals surface area contributed by atoms with Gasteiger partial charge in [0.2, 0.25) is 15.9 Å². The number of benzene rings is 2. The first-order valence-corrected chi connectivity index (χ1v) is 11.6. The van der Waals surface area contributed by atoms with E-state index < -0.39 is 16.1 Å². The minimum Gasteiger partial charge on any atom is -0.348 e. The van der Waals surface area contributed by atoms with Crippen LogP contribution >= 0.6 is 0 Å². The minimum absolute atomic E-state index is 0.195. The second-order valence-electron chi connectivity index (χ2n) is 7.54. The summed E-state index contributed by atoms with van der Waals surface area (Å²) in [4.78, 5) is 12.9. The first-order valence-electron chi connectivity index (χ1n) is 9.74. The predicted molar refractivity (Wildman–Crippen MR) is 113 cm³/mol. The highest BCUT2D eigenvalue weighted by Gasteiger charge is 2.29. The monoisotopic (exact) mass is 400 g/mol. The molecule has 1 aliphatic carbocycles. The molecule has 1 N–H and O–H groups in total. The van der Waals surface area contributed by atoms with Gasteiger partial charge in [-0.25, -0.2) is 8.42 Å². The summed E-state index contributed by atoms with van der Waals surface area (Å²) < 4.78 is 25.8. The van der Waals surface area contributed by atoms with Crippen molar-refractivity contribution >= 4 is 21.6 Å². The molecule has 0 heterocycles. The van der Waals surface area contributed by atoms with Crippen LogP contribution in [-0.4, -0.2) is 26.6 Å². The van der Waals surface area contributed by atoms with Gasteiger partial charge in [-0.2, -0.15) is 0 Å². The molecule has 0 fully saturated rings. The molecule has 2 atom stereocenters. The van der Waals surface area contributed by atoms with Crippen molar-refractivity contribution in [1.82, 2.24) is 5.32 Å². The topological polar surface area (TPSA) is 66.5 Å². The number of carbonyl (C=O) groups excluding carboxylic acids is 1. The van der Waals surface area contributed by atoms with Crippen molar-refractivity contribution in [3.8, 4) is 0 Å². The van der Waals surface area contributed by atoms with E-state index in [-0.39, 0.29) is 11.9 Å². The second kappa shape index (κ2) is 8.35. The summed E-state index contributed by atoms with van der Waals surface area (Å²) in [6.07, 6.45) is 5.76. The van der Waals surface area contributed by atoms with Gasteiger partial charge in [0, 0.05) is 0 Å². The molecule has 1 aliphatic rings. The molecule has 6 heteroatoms. The van der Waals surface area contributed by atoms with Crippen molar-refractivity contribution in [2.75, 3.05) is 10.6 Å². The predicted octanol–water partition coefficient (Wildman–Crippen LogP) is 3.60. The molecular formula is C22H28N2O3S. The number of hydrogen-bond acceptors (Lipinski definition) is 3. The van der Waals surface area contributed by atoms with Crippen LogP contribution in [0.25, 0.3) is 0 Å². The average molecular weight is 401 g/mol. The maximum Gasteiger partial charge on any atom is 0.244 e. The molecule has 0 aromatic heterocycles. The fraction of sp³-hybridized carbons (Fsp3) is 0.409. The third-order valence-corrected chi connectivity index (χ3v) is 6.57. The van der Waals surface area contributed by atoms with Gasteiger partial charge in [-0.3, -0.25) is 9.10 Å². The van der Waals surface area contributed by atoms with Gasteiger partial charge in [0.15, 0.2) is 0 Å². The summed E-state index contributed by atoms with van der Waals surface area (Å²) in [6, 6.07) is 14.1. The Balaban J connectivity index is 1.77. The Labute approximate surface area is 167 Å². The number of nitrogens with one attached hydrogen (secondary N) is 1. The van der Waals surface area contributed by atoms with E-state index >= 15 is 0 Å². The van der Waals surface area contributed by atoms with Crippen LogP contribution in [0.1, 0.15) is 49.4 Å². The van der Waals surface area contributed by atoms with Crippen molar-refractivity contribution in [3.63, 3.8) is 0 Å². The molecule has 0 radical (unpaired) electrons. The second-order valence-corrected chi connectivity index (χ2v) is 9.40. The highest BCUT2D eigenvalue weighted by atomic mass is 32.2. The number of carbonyl (C=O) groups is 1. The fourth-order valence-electron chi connectivity index (χ4n) is 3.82. The van der Waals surface area contributed by atoms with Gasteiger partial charge in [0.05, 0.1) is 18.0 Å². The molecule has 0 saturated heterocycles. The van der Waals surface area contributed by atoms with Gasteiger partial charge in [-0.15, -0.1) is 0 Å². The first-order chi connectivity index (χ1) is 13.3. The molecule has 150 valence electrons. The molecule has 5 nitrogen and oxygen atoms in total. The Bertz CT molecular complexity index is 942. The van der Waals surface area contributed by atoms with Crippen LogP contribution < -0.4 is 9.62 Å². The maximum absolute atomic E-state index is 12.9. The van der Waals surface area contributed by atoms with E-state index in [1.165, 1.54) is 28.3 Å². The molecule has 0 saturated carbocycles. The van der Waals surface area contributed by atoms with Gasteiger partial charge in [0.25, 0.3) is 0 Å². The van der Waals surface area contributed by atoms with Crippen molar-refractivity contribution in [2.24, 2.45) is 0 Å². The average Bonchev–Trinajstić information content (AvgIpc) is 2.67. The minimum atomic E-state index is -3.60. The standard InChI is InChI=1S/C22H28N2O3S/c1-16(19-14-13-18-9-7-8-10-20(18)15-19)23-22(25)17(2)24(28(3,26)27)21-11-5-4-6-12-21/h4-6,11-17H,7-10H2,1-3H3,(H,23,25). The summed E-state index contributed by atoms with van der Waals surface area (Å²) in [7, 11) is -3.60. The SMILES string of the molecule is CC(NC(=O)C(C)N(c1ccccc1)S(C)(=O)=O)c1ccc2c(c1)CCCC2. The molecule has 2 aromatic rings. The maximum atomic E-state index is 12.9. The zero-order valence-corrected chi connectivity index (χ0v) is 17.5. The molecule has 0 spiro atoms. The largest absolute Gasteiger partial charge is 0.348 e. The Morgan fingerprint density at radius 1 is 1.00 bits per heavy atom. The highest BCUT2D eigenvalue weighted by Crippen LogP contribution is 2.25. The number of para-hydroxylation sites is 1. The number of aryl methyl sites for hydroxylation is 2. The molecule has 3 rings (SSSR count). The van der Waals surface area contributed by atoms with Crippen LogP contribution in [0.15, 0.2) is 48.5 Å². The van der Waals surface area contributed by atoms with Crippen LogP contribution in [0.4, 0.5) is 5.69 Å². The Hall–Kier alpha value is -2.34. The van der Waals surface area contributed by atoms with E-state index in [2.05, 4.69) is 23.5 Å². The molecule has 1 amide bonds. The number of sulfonamides is 1. The lowest BCUT2D eigenvalue weighted by atomic mass is 9.89. The number of fused-ring (bicyclic) bond motifs is 1. The molecule has 28 heavy (non-hydrogen) atoms. The normalized spacial score (nSPS) is 16.0. The van der Waals surface area contributed by atoms with Gasteiger partial charge in [-0.1, -0.05) is 36.4 Å². The Morgan fingerprint density at radius 2 is 1.64 bits per heavy atom. The third kappa shape index (κ3) is 4.55. The zero-order valence-electron chi connectivity index (χ0n) is 16.7.